The van der Waals surface area contributed by atoms with E-state index in [1.165, 1.54) is 0 Å². The van der Waals surface area contributed by atoms with Crippen LogP contribution in [0.3, 0.4) is 0 Å². The Hall–Kier alpha value is -2.88. The van der Waals surface area contributed by atoms with E-state index in [1.807, 2.05) is 93.0 Å². The van der Waals surface area contributed by atoms with Gasteiger partial charge in [0.15, 0.2) is 0 Å². The van der Waals surface area contributed by atoms with Gasteiger partial charge < -0.3 is 5.32 Å². The molecule has 4 nitrogen and oxygen atoms in total. The molecule has 2 aromatic carbocycles. The van der Waals surface area contributed by atoms with E-state index in [2.05, 4.69) is 10.4 Å². The Morgan fingerprint density at radius 1 is 0.960 bits per heavy atom. The Balaban J connectivity index is 2.22. The average molecular weight is 333 g/mol. The number of amides is 1. The van der Waals surface area contributed by atoms with E-state index in [0.29, 0.717) is 11.3 Å². The van der Waals surface area contributed by atoms with Crippen LogP contribution in [0.15, 0.2) is 60.7 Å². The Kier molecular flexibility index (Phi) is 4.45. The van der Waals surface area contributed by atoms with E-state index >= 15 is 0 Å². The summed E-state index contributed by atoms with van der Waals surface area (Å²) in [4.78, 5) is 13.0. The number of nitrogens with zero attached hydrogens (tertiary/aromatic N) is 2. The van der Waals surface area contributed by atoms with Crippen LogP contribution in [-0.4, -0.2) is 21.2 Å². The van der Waals surface area contributed by atoms with Crippen molar-refractivity contribution >= 4 is 5.91 Å². The fourth-order valence-electron chi connectivity index (χ4n) is 2.82. The molecule has 0 saturated carbocycles. The highest BCUT2D eigenvalue weighted by molar-refractivity contribution is 6.01. The second-order valence-corrected chi connectivity index (χ2v) is 7.13. The number of benzene rings is 2. The van der Waals surface area contributed by atoms with Crippen molar-refractivity contribution in [3.63, 3.8) is 0 Å². The minimum atomic E-state index is -0.313. The summed E-state index contributed by atoms with van der Waals surface area (Å²) in [6.45, 7) is 7.81. The molecule has 0 aliphatic rings. The van der Waals surface area contributed by atoms with E-state index in [-0.39, 0.29) is 11.4 Å². The summed E-state index contributed by atoms with van der Waals surface area (Å²) < 4.78 is 1.85. The molecule has 1 amide bonds. The van der Waals surface area contributed by atoms with Gasteiger partial charge in [-0.3, -0.25) is 4.79 Å². The van der Waals surface area contributed by atoms with E-state index in [0.717, 1.165) is 16.9 Å². The highest BCUT2D eigenvalue weighted by atomic mass is 16.1. The summed E-state index contributed by atoms with van der Waals surface area (Å²) in [7, 11) is 0. The fraction of sp³-hybridized carbons (Fsp3) is 0.238. The molecule has 0 atom stereocenters. The predicted molar refractivity (Wildman–Crippen MR) is 101 cm³/mol. The van der Waals surface area contributed by atoms with Crippen LogP contribution >= 0.6 is 0 Å². The van der Waals surface area contributed by atoms with Gasteiger partial charge in [0.1, 0.15) is 0 Å². The van der Waals surface area contributed by atoms with Crippen LogP contribution in [0.25, 0.3) is 16.9 Å². The largest absolute Gasteiger partial charge is 0.347 e. The van der Waals surface area contributed by atoms with Crippen molar-refractivity contribution in [3.05, 3.63) is 71.9 Å². The maximum Gasteiger partial charge on any atom is 0.255 e. The number of carbonyl (C=O) groups excluding carboxylic acids is 1. The first-order chi connectivity index (χ1) is 11.9. The molecule has 0 aliphatic carbocycles. The second-order valence-electron chi connectivity index (χ2n) is 7.13. The SMILES string of the molecule is Cc1nn(-c2ccccc2)c(-c2ccccc2)c1C(=O)NC(C)(C)C. The number of para-hydroxylation sites is 1. The normalized spacial score (nSPS) is 11.4. The van der Waals surface area contributed by atoms with E-state index in [9.17, 15) is 4.79 Å². The maximum absolute atomic E-state index is 13.0. The third-order valence-electron chi connectivity index (χ3n) is 3.82. The van der Waals surface area contributed by atoms with E-state index < -0.39 is 0 Å². The van der Waals surface area contributed by atoms with Crippen molar-refractivity contribution in [1.82, 2.24) is 15.1 Å². The van der Waals surface area contributed by atoms with Crippen LogP contribution in [0.5, 0.6) is 0 Å². The zero-order valence-electron chi connectivity index (χ0n) is 15.1. The number of hydrogen-bond donors (Lipinski definition) is 1. The van der Waals surface area contributed by atoms with Gasteiger partial charge in [0.05, 0.1) is 22.6 Å². The highest BCUT2D eigenvalue weighted by Crippen LogP contribution is 2.29. The van der Waals surface area contributed by atoms with Crippen LogP contribution in [0.2, 0.25) is 0 Å². The summed E-state index contributed by atoms with van der Waals surface area (Å²) >= 11 is 0. The molecule has 0 fully saturated rings. The summed E-state index contributed by atoms with van der Waals surface area (Å²) in [5, 5.41) is 7.72. The monoisotopic (exact) mass is 333 g/mol. The smallest absolute Gasteiger partial charge is 0.255 e. The molecular weight excluding hydrogens is 310 g/mol. The molecular formula is C21H23N3O. The predicted octanol–water partition coefficient (Wildman–Crippen LogP) is 4.38. The molecule has 0 saturated heterocycles. The van der Waals surface area contributed by atoms with Crippen molar-refractivity contribution in [3.8, 4) is 16.9 Å². The molecule has 0 aliphatic heterocycles. The lowest BCUT2D eigenvalue weighted by atomic mass is 10.0. The number of rotatable bonds is 3. The van der Waals surface area contributed by atoms with Gasteiger partial charge in [0.25, 0.3) is 5.91 Å². The third kappa shape index (κ3) is 3.63. The van der Waals surface area contributed by atoms with Gasteiger partial charge >= 0.3 is 0 Å². The Labute approximate surface area is 148 Å². The molecule has 0 spiro atoms. The van der Waals surface area contributed by atoms with Crippen molar-refractivity contribution in [2.45, 2.75) is 33.2 Å². The molecule has 3 rings (SSSR count). The van der Waals surface area contributed by atoms with Crippen molar-refractivity contribution in [2.24, 2.45) is 0 Å². The zero-order valence-corrected chi connectivity index (χ0v) is 15.1. The van der Waals surface area contributed by atoms with Gasteiger partial charge in [0, 0.05) is 11.1 Å². The molecule has 128 valence electrons. The molecule has 4 heteroatoms. The van der Waals surface area contributed by atoms with E-state index in [4.69, 9.17) is 0 Å². The molecule has 0 bridgehead atoms. The average Bonchev–Trinajstić information content (AvgIpc) is 2.92. The van der Waals surface area contributed by atoms with Gasteiger partial charge in [-0.15, -0.1) is 0 Å². The Bertz CT molecular complexity index is 875. The Morgan fingerprint density at radius 3 is 2.08 bits per heavy atom. The van der Waals surface area contributed by atoms with Gasteiger partial charge in [-0.2, -0.15) is 5.10 Å². The summed E-state index contributed by atoms with van der Waals surface area (Å²) in [6, 6.07) is 19.8. The summed E-state index contributed by atoms with van der Waals surface area (Å²) in [5.74, 6) is -0.106. The topological polar surface area (TPSA) is 46.9 Å². The molecule has 1 aromatic heterocycles. The van der Waals surface area contributed by atoms with Crippen LogP contribution in [0.4, 0.5) is 0 Å². The fourth-order valence-corrected chi connectivity index (χ4v) is 2.82. The third-order valence-corrected chi connectivity index (χ3v) is 3.82. The van der Waals surface area contributed by atoms with E-state index in [1.54, 1.807) is 0 Å². The van der Waals surface area contributed by atoms with Crippen molar-refractivity contribution in [1.29, 1.82) is 0 Å². The first-order valence-electron chi connectivity index (χ1n) is 8.40. The van der Waals surface area contributed by atoms with Gasteiger partial charge in [-0.25, -0.2) is 4.68 Å². The quantitative estimate of drug-likeness (QED) is 0.773. The van der Waals surface area contributed by atoms with Crippen molar-refractivity contribution < 1.29 is 4.79 Å². The van der Waals surface area contributed by atoms with Gasteiger partial charge in [0.2, 0.25) is 0 Å². The second kappa shape index (κ2) is 6.55. The highest BCUT2D eigenvalue weighted by Gasteiger charge is 2.26. The molecule has 0 radical (unpaired) electrons. The standard InChI is InChI=1S/C21H23N3O/c1-15-18(20(25)22-21(2,3)4)19(16-11-7-5-8-12-16)24(23-15)17-13-9-6-10-14-17/h5-14H,1-4H3,(H,22,25). The molecule has 3 aromatic rings. The number of nitrogens with one attached hydrogen (secondary N) is 1. The lowest BCUT2D eigenvalue weighted by Crippen LogP contribution is -2.40. The lowest BCUT2D eigenvalue weighted by molar-refractivity contribution is 0.0919. The molecule has 0 unspecified atom stereocenters. The zero-order chi connectivity index (χ0) is 18.0. The first-order valence-corrected chi connectivity index (χ1v) is 8.40. The molecule has 25 heavy (non-hydrogen) atoms. The minimum Gasteiger partial charge on any atom is -0.347 e. The van der Waals surface area contributed by atoms with Crippen LogP contribution < -0.4 is 5.32 Å². The summed E-state index contributed by atoms with van der Waals surface area (Å²) in [6.07, 6.45) is 0. The minimum absolute atomic E-state index is 0.106. The number of hydrogen-bond acceptors (Lipinski definition) is 2. The Morgan fingerprint density at radius 2 is 1.52 bits per heavy atom. The lowest BCUT2D eigenvalue weighted by Gasteiger charge is -2.21. The van der Waals surface area contributed by atoms with Crippen LogP contribution in [0.1, 0.15) is 36.8 Å². The first kappa shape index (κ1) is 17.0. The molecule has 1 N–H and O–H groups in total. The van der Waals surface area contributed by atoms with Crippen molar-refractivity contribution in [2.75, 3.05) is 0 Å². The molecule has 1 heterocycles. The van der Waals surface area contributed by atoms with Gasteiger partial charge in [-0.05, 0) is 39.8 Å². The van der Waals surface area contributed by atoms with Crippen LogP contribution in [-0.2, 0) is 0 Å². The van der Waals surface area contributed by atoms with Gasteiger partial charge in [-0.1, -0.05) is 48.5 Å². The number of aryl methyl sites for hydroxylation is 1. The number of aromatic nitrogens is 2. The summed E-state index contributed by atoms with van der Waals surface area (Å²) in [5.41, 5.74) is 3.72. The van der Waals surface area contributed by atoms with Crippen LogP contribution in [0, 0.1) is 6.92 Å². The number of carbonyl (C=O) groups is 1. The maximum atomic E-state index is 13.0.